The molecule has 34 heavy (non-hydrogen) atoms. The maximum absolute atomic E-state index is 12.9. The molecule has 0 heterocycles. The van der Waals surface area contributed by atoms with Crippen LogP contribution in [0.3, 0.4) is 0 Å². The summed E-state index contributed by atoms with van der Waals surface area (Å²) in [4.78, 5) is 36.4. The normalized spacial score (nSPS) is 12.9. The summed E-state index contributed by atoms with van der Waals surface area (Å²) in [5, 5.41) is 2.42. The lowest BCUT2D eigenvalue weighted by Gasteiger charge is -2.20. The van der Waals surface area contributed by atoms with Crippen LogP contribution >= 0.6 is 0 Å². The second-order valence-corrected chi connectivity index (χ2v) is 8.81. The number of hydrogen-bond donors (Lipinski definition) is 2. The predicted molar refractivity (Wildman–Crippen MR) is 122 cm³/mol. The molecule has 1 amide bonds. The number of ether oxygens (including phenoxy) is 3. The third kappa shape index (κ3) is 7.65. The van der Waals surface area contributed by atoms with Crippen molar-refractivity contribution in [1.82, 2.24) is 0 Å². The number of methoxy groups -OCH3 is 2. The number of Topliss-reactive ketones (excluding diaryl/α,β-unsaturated/α-hetero) is 1. The largest absolute Gasteiger partial charge is 0.497 e. The van der Waals surface area contributed by atoms with Gasteiger partial charge >= 0.3 is 5.97 Å². The molecule has 0 aliphatic carbocycles. The van der Waals surface area contributed by atoms with Gasteiger partial charge in [0.05, 0.1) is 18.7 Å². The van der Waals surface area contributed by atoms with Crippen LogP contribution in [0.5, 0.6) is 5.75 Å². The van der Waals surface area contributed by atoms with Crippen LogP contribution in [0.25, 0.3) is 0 Å². The zero-order valence-corrected chi connectivity index (χ0v) is 19.8. The lowest BCUT2D eigenvalue weighted by atomic mass is 10.0. The number of amides is 1. The molecule has 2 rings (SSSR count). The van der Waals surface area contributed by atoms with Gasteiger partial charge in [-0.05, 0) is 31.0 Å². The van der Waals surface area contributed by atoms with Crippen molar-refractivity contribution in [2.45, 2.75) is 30.8 Å². The van der Waals surface area contributed by atoms with E-state index in [0.717, 1.165) is 6.07 Å². The fourth-order valence-electron chi connectivity index (χ4n) is 3.10. The van der Waals surface area contributed by atoms with Gasteiger partial charge in [-0.1, -0.05) is 30.3 Å². The van der Waals surface area contributed by atoms with E-state index < -0.39 is 38.9 Å². The molecule has 0 aliphatic rings. The standard InChI is InChI=1S/C23H27NO9S/c1-15(25)9-10-17(14-33-23(27)21(32-3)16-7-5-4-6-8-16)22(26)24-19-12-11-18(31-2)13-20(19)34(28,29)30/h4-8,11-13,17,21H,9-10,14H2,1-3H3,(H,24,26)(H,28,29,30). The van der Waals surface area contributed by atoms with Gasteiger partial charge in [0.2, 0.25) is 5.91 Å². The highest BCUT2D eigenvalue weighted by Crippen LogP contribution is 2.27. The molecule has 0 saturated carbocycles. The Morgan fingerprint density at radius 2 is 1.74 bits per heavy atom. The molecule has 0 saturated heterocycles. The van der Waals surface area contributed by atoms with E-state index in [-0.39, 0.29) is 36.7 Å². The van der Waals surface area contributed by atoms with E-state index in [9.17, 15) is 27.4 Å². The first-order chi connectivity index (χ1) is 16.1. The molecule has 10 nitrogen and oxygen atoms in total. The smallest absolute Gasteiger partial charge is 0.339 e. The summed E-state index contributed by atoms with van der Waals surface area (Å²) in [6.07, 6.45) is -0.921. The number of benzene rings is 2. The Morgan fingerprint density at radius 1 is 1.06 bits per heavy atom. The van der Waals surface area contributed by atoms with Crippen LogP contribution in [0.15, 0.2) is 53.4 Å². The summed E-state index contributed by atoms with van der Waals surface area (Å²) in [7, 11) is -2.02. The molecule has 184 valence electrons. The average Bonchev–Trinajstić information content (AvgIpc) is 2.79. The van der Waals surface area contributed by atoms with Gasteiger partial charge in [-0.2, -0.15) is 8.42 Å². The van der Waals surface area contributed by atoms with Crippen LogP contribution in [0.2, 0.25) is 0 Å². The molecule has 0 fully saturated rings. The molecule has 2 aromatic rings. The highest BCUT2D eigenvalue weighted by atomic mass is 32.2. The van der Waals surface area contributed by atoms with Crippen LogP contribution < -0.4 is 10.1 Å². The zero-order valence-electron chi connectivity index (χ0n) is 19.0. The highest BCUT2D eigenvalue weighted by molar-refractivity contribution is 7.86. The molecular weight excluding hydrogens is 466 g/mol. The van der Waals surface area contributed by atoms with Gasteiger partial charge in [0, 0.05) is 19.6 Å². The van der Waals surface area contributed by atoms with Crippen molar-refractivity contribution in [3.05, 3.63) is 54.1 Å². The minimum Gasteiger partial charge on any atom is -0.497 e. The summed E-state index contributed by atoms with van der Waals surface area (Å²) in [5.41, 5.74) is 0.377. The molecule has 2 N–H and O–H groups in total. The highest BCUT2D eigenvalue weighted by Gasteiger charge is 2.27. The van der Waals surface area contributed by atoms with Crippen molar-refractivity contribution in [2.24, 2.45) is 5.92 Å². The Bertz CT molecular complexity index is 1120. The monoisotopic (exact) mass is 493 g/mol. The summed E-state index contributed by atoms with van der Waals surface area (Å²) >= 11 is 0. The molecule has 0 aliphatic heterocycles. The Kier molecular flexibility index (Phi) is 9.72. The van der Waals surface area contributed by atoms with E-state index in [0.29, 0.717) is 5.56 Å². The lowest BCUT2D eigenvalue weighted by molar-refractivity contribution is -0.157. The van der Waals surface area contributed by atoms with Gasteiger partial charge in [0.25, 0.3) is 10.1 Å². The minimum atomic E-state index is -4.68. The van der Waals surface area contributed by atoms with Gasteiger partial charge in [0.1, 0.15) is 23.0 Å². The molecule has 0 bridgehead atoms. The van der Waals surface area contributed by atoms with Crippen molar-refractivity contribution < 1.29 is 41.6 Å². The van der Waals surface area contributed by atoms with Crippen LogP contribution in [0.1, 0.15) is 31.4 Å². The van der Waals surface area contributed by atoms with Crippen LogP contribution in [0.4, 0.5) is 5.69 Å². The molecule has 0 spiro atoms. The van der Waals surface area contributed by atoms with Crippen molar-refractivity contribution in [3.8, 4) is 5.75 Å². The predicted octanol–water partition coefficient (Wildman–Crippen LogP) is 2.80. The lowest BCUT2D eigenvalue weighted by Crippen LogP contribution is -2.30. The number of esters is 1. The topological polar surface area (TPSA) is 145 Å². The van der Waals surface area contributed by atoms with Crippen LogP contribution in [0, 0.1) is 5.92 Å². The van der Waals surface area contributed by atoms with Gasteiger partial charge in [-0.25, -0.2) is 4.79 Å². The second-order valence-electron chi connectivity index (χ2n) is 7.42. The van der Waals surface area contributed by atoms with Gasteiger partial charge < -0.3 is 24.3 Å². The maximum Gasteiger partial charge on any atom is 0.339 e. The first kappa shape index (κ1) is 27.0. The van der Waals surface area contributed by atoms with E-state index in [1.165, 1.54) is 33.3 Å². The molecule has 2 unspecified atom stereocenters. The number of anilines is 1. The average molecular weight is 494 g/mol. The SMILES string of the molecule is COc1ccc(NC(=O)C(CCC(C)=O)COC(=O)C(OC)c2ccccc2)c(S(=O)(=O)O)c1. The van der Waals surface area contributed by atoms with E-state index in [2.05, 4.69) is 5.32 Å². The van der Waals surface area contributed by atoms with E-state index in [1.54, 1.807) is 30.3 Å². The summed E-state index contributed by atoms with van der Waals surface area (Å²) in [6.45, 7) is 0.985. The summed E-state index contributed by atoms with van der Waals surface area (Å²) in [5.74, 6) is -2.42. The first-order valence-corrected chi connectivity index (χ1v) is 11.7. The number of rotatable bonds is 12. The molecule has 2 aromatic carbocycles. The van der Waals surface area contributed by atoms with Crippen molar-refractivity contribution in [1.29, 1.82) is 0 Å². The fourth-order valence-corrected chi connectivity index (χ4v) is 3.77. The first-order valence-electron chi connectivity index (χ1n) is 10.3. The van der Waals surface area contributed by atoms with Crippen LogP contribution in [-0.4, -0.2) is 51.5 Å². The molecular formula is C23H27NO9S. The molecule has 0 aromatic heterocycles. The number of ketones is 1. The number of hydrogen-bond acceptors (Lipinski definition) is 8. The van der Waals surface area contributed by atoms with Gasteiger partial charge in [-0.15, -0.1) is 0 Å². The van der Waals surface area contributed by atoms with Crippen molar-refractivity contribution in [3.63, 3.8) is 0 Å². The van der Waals surface area contributed by atoms with Crippen molar-refractivity contribution in [2.75, 3.05) is 26.1 Å². The third-order valence-corrected chi connectivity index (χ3v) is 5.81. The molecule has 0 radical (unpaired) electrons. The molecule has 2 atom stereocenters. The summed E-state index contributed by atoms with van der Waals surface area (Å²) < 4.78 is 48.6. The van der Waals surface area contributed by atoms with E-state index in [4.69, 9.17) is 14.2 Å². The van der Waals surface area contributed by atoms with Gasteiger partial charge in [0.15, 0.2) is 6.10 Å². The van der Waals surface area contributed by atoms with E-state index >= 15 is 0 Å². The Balaban J connectivity index is 2.20. The van der Waals surface area contributed by atoms with Crippen LogP contribution in [-0.2, 0) is 34.0 Å². The fraction of sp³-hybridized carbons (Fsp3) is 0.348. The quantitative estimate of drug-likeness (QED) is 0.337. The van der Waals surface area contributed by atoms with E-state index in [1.807, 2.05) is 0 Å². The number of carbonyl (C=O) groups is 3. The third-order valence-electron chi connectivity index (χ3n) is 4.92. The van der Waals surface area contributed by atoms with Gasteiger partial charge in [-0.3, -0.25) is 9.35 Å². The maximum atomic E-state index is 12.9. The van der Waals surface area contributed by atoms with Crippen molar-refractivity contribution >= 4 is 33.5 Å². The minimum absolute atomic E-state index is 0.0375. The Morgan fingerprint density at radius 3 is 2.29 bits per heavy atom. The summed E-state index contributed by atoms with van der Waals surface area (Å²) in [6, 6.07) is 12.3. The number of nitrogens with one attached hydrogen (secondary N) is 1. The second kappa shape index (κ2) is 12.3. The number of carbonyl (C=O) groups excluding carboxylic acids is 3. The Labute approximate surface area is 198 Å². The molecule has 11 heteroatoms. The zero-order chi connectivity index (χ0) is 25.3. The Hall–Kier alpha value is -3.28.